The fourth-order valence-corrected chi connectivity index (χ4v) is 6.06. The molecule has 0 radical (unpaired) electrons. The second kappa shape index (κ2) is 6.94. The van der Waals surface area contributed by atoms with Gasteiger partial charge in [0.25, 0.3) is 0 Å². The lowest BCUT2D eigenvalue weighted by atomic mass is 9.53. The number of carbonyl (C=O) groups is 2. The van der Waals surface area contributed by atoms with E-state index in [4.69, 9.17) is 0 Å². The number of hydrogen-bond donors (Lipinski definition) is 2. The van der Waals surface area contributed by atoms with Crippen LogP contribution >= 0.6 is 11.8 Å². The van der Waals surface area contributed by atoms with Crippen LogP contribution in [0.5, 0.6) is 0 Å². The molecule has 0 aromatic carbocycles. The summed E-state index contributed by atoms with van der Waals surface area (Å²) in [6, 6.07) is 1.43. The van der Waals surface area contributed by atoms with Crippen molar-refractivity contribution >= 4 is 23.7 Å². The number of nitrogens with one attached hydrogen (secondary N) is 2. The van der Waals surface area contributed by atoms with Gasteiger partial charge in [-0.1, -0.05) is 11.8 Å². The summed E-state index contributed by atoms with van der Waals surface area (Å²) in [5.41, 5.74) is -0.0637. The third-order valence-corrected chi connectivity index (χ3v) is 6.65. The first kappa shape index (κ1) is 16.8. The summed E-state index contributed by atoms with van der Waals surface area (Å²) < 4.78 is 0. The Kier molecular flexibility index (Phi) is 4.67. The summed E-state index contributed by atoms with van der Waals surface area (Å²) in [6.45, 7) is 0. The zero-order chi connectivity index (χ0) is 17.3. The topological polar surface area (TPSA) is 84.0 Å². The molecule has 7 heteroatoms. The van der Waals surface area contributed by atoms with Crippen molar-refractivity contribution in [3.8, 4) is 0 Å². The SMILES string of the molecule is O=C(CCSc1ncccn1)NC(=O)NC12CC3CC(CC(C3)C1)C2. The molecular weight excluding hydrogens is 336 g/mol. The zero-order valence-electron chi connectivity index (χ0n) is 14.2. The van der Waals surface area contributed by atoms with E-state index >= 15 is 0 Å². The molecule has 134 valence electrons. The molecule has 0 saturated heterocycles. The van der Waals surface area contributed by atoms with Crippen molar-refractivity contribution in [3.63, 3.8) is 0 Å². The molecular formula is C18H24N4O2S. The Morgan fingerprint density at radius 1 is 1.08 bits per heavy atom. The van der Waals surface area contributed by atoms with Gasteiger partial charge in [-0.25, -0.2) is 14.8 Å². The van der Waals surface area contributed by atoms with Crippen LogP contribution in [-0.4, -0.2) is 33.2 Å². The van der Waals surface area contributed by atoms with Gasteiger partial charge in [0.05, 0.1) is 0 Å². The number of imide groups is 1. The van der Waals surface area contributed by atoms with Crippen LogP contribution in [-0.2, 0) is 4.79 Å². The average molecular weight is 360 g/mol. The number of amides is 3. The lowest BCUT2D eigenvalue weighted by molar-refractivity contribution is -0.119. The summed E-state index contributed by atoms with van der Waals surface area (Å²) in [6.07, 6.45) is 10.9. The van der Waals surface area contributed by atoms with Crippen molar-refractivity contribution in [1.29, 1.82) is 0 Å². The molecule has 4 saturated carbocycles. The second-order valence-electron chi connectivity index (χ2n) is 7.83. The summed E-state index contributed by atoms with van der Waals surface area (Å²) in [5.74, 6) is 2.62. The van der Waals surface area contributed by atoms with Gasteiger partial charge in [0, 0.05) is 30.1 Å². The van der Waals surface area contributed by atoms with Crippen LogP contribution in [0.4, 0.5) is 4.79 Å². The number of nitrogens with zero attached hydrogens (tertiary/aromatic N) is 2. The first-order chi connectivity index (χ1) is 12.1. The highest BCUT2D eigenvalue weighted by atomic mass is 32.2. The molecule has 0 atom stereocenters. The van der Waals surface area contributed by atoms with Gasteiger partial charge >= 0.3 is 6.03 Å². The summed E-state index contributed by atoms with van der Waals surface area (Å²) in [4.78, 5) is 32.5. The summed E-state index contributed by atoms with van der Waals surface area (Å²) in [7, 11) is 0. The van der Waals surface area contributed by atoms with Crippen LogP contribution in [0.3, 0.4) is 0 Å². The number of rotatable bonds is 5. The smallest absolute Gasteiger partial charge is 0.321 e. The third kappa shape index (κ3) is 3.97. The molecule has 2 N–H and O–H groups in total. The molecule has 4 aliphatic rings. The van der Waals surface area contributed by atoms with Crippen molar-refractivity contribution in [2.45, 2.75) is 55.6 Å². The van der Waals surface area contributed by atoms with E-state index in [1.165, 1.54) is 31.0 Å². The lowest BCUT2D eigenvalue weighted by Gasteiger charge is -2.56. The molecule has 4 bridgehead atoms. The minimum atomic E-state index is -0.326. The highest BCUT2D eigenvalue weighted by Gasteiger charge is 2.51. The fourth-order valence-electron chi connectivity index (χ4n) is 5.32. The van der Waals surface area contributed by atoms with E-state index in [0.717, 1.165) is 37.0 Å². The molecule has 5 rings (SSSR count). The number of aromatic nitrogens is 2. The average Bonchev–Trinajstić information content (AvgIpc) is 2.53. The molecule has 0 unspecified atom stereocenters. The molecule has 1 aromatic heterocycles. The minimum Gasteiger partial charge on any atom is -0.332 e. The maximum atomic E-state index is 12.3. The molecule has 4 aliphatic carbocycles. The van der Waals surface area contributed by atoms with Crippen LogP contribution < -0.4 is 10.6 Å². The maximum absolute atomic E-state index is 12.3. The van der Waals surface area contributed by atoms with Gasteiger partial charge in [-0.3, -0.25) is 10.1 Å². The number of hydrogen-bond acceptors (Lipinski definition) is 5. The summed E-state index contributed by atoms with van der Waals surface area (Å²) in [5, 5.41) is 6.31. The van der Waals surface area contributed by atoms with Crippen LogP contribution in [0.15, 0.2) is 23.6 Å². The first-order valence-electron chi connectivity index (χ1n) is 9.12. The van der Waals surface area contributed by atoms with Crippen LogP contribution in [0.25, 0.3) is 0 Å². The van der Waals surface area contributed by atoms with Gasteiger partial charge in [-0.15, -0.1) is 0 Å². The Balaban J connectivity index is 1.23. The Hall–Kier alpha value is -1.63. The van der Waals surface area contributed by atoms with Gasteiger partial charge in [-0.2, -0.15) is 0 Å². The monoisotopic (exact) mass is 360 g/mol. The molecule has 3 amide bonds. The second-order valence-corrected chi connectivity index (χ2v) is 8.89. The Morgan fingerprint density at radius 3 is 2.28 bits per heavy atom. The van der Waals surface area contributed by atoms with E-state index in [0.29, 0.717) is 10.9 Å². The van der Waals surface area contributed by atoms with Gasteiger partial charge in [0.1, 0.15) is 0 Å². The Labute approximate surface area is 152 Å². The molecule has 4 fully saturated rings. The molecule has 0 aliphatic heterocycles. The largest absolute Gasteiger partial charge is 0.332 e. The van der Waals surface area contributed by atoms with Crippen molar-refractivity contribution in [2.24, 2.45) is 17.8 Å². The van der Waals surface area contributed by atoms with Gasteiger partial charge < -0.3 is 5.32 Å². The molecule has 1 aromatic rings. The van der Waals surface area contributed by atoms with Crippen molar-refractivity contribution in [1.82, 2.24) is 20.6 Å². The van der Waals surface area contributed by atoms with Crippen LogP contribution in [0.1, 0.15) is 44.9 Å². The van der Waals surface area contributed by atoms with E-state index in [2.05, 4.69) is 20.6 Å². The highest BCUT2D eigenvalue weighted by molar-refractivity contribution is 7.99. The lowest BCUT2D eigenvalue weighted by Crippen LogP contribution is -2.61. The number of urea groups is 1. The first-order valence-corrected chi connectivity index (χ1v) is 10.1. The predicted octanol–water partition coefficient (Wildman–Crippen LogP) is 2.75. The van der Waals surface area contributed by atoms with E-state index < -0.39 is 0 Å². The van der Waals surface area contributed by atoms with Crippen molar-refractivity contribution < 1.29 is 9.59 Å². The highest BCUT2D eigenvalue weighted by Crippen LogP contribution is 2.55. The number of carbonyl (C=O) groups excluding carboxylic acids is 2. The Morgan fingerprint density at radius 2 is 1.68 bits per heavy atom. The molecule has 1 heterocycles. The van der Waals surface area contributed by atoms with E-state index in [1.54, 1.807) is 18.5 Å². The van der Waals surface area contributed by atoms with Gasteiger partial charge in [0.15, 0.2) is 5.16 Å². The van der Waals surface area contributed by atoms with E-state index in [1.807, 2.05) is 0 Å². The van der Waals surface area contributed by atoms with Crippen molar-refractivity contribution in [3.05, 3.63) is 18.5 Å². The third-order valence-electron chi connectivity index (χ3n) is 5.77. The number of thioether (sulfide) groups is 1. The van der Waals surface area contributed by atoms with Crippen LogP contribution in [0.2, 0.25) is 0 Å². The van der Waals surface area contributed by atoms with Crippen molar-refractivity contribution in [2.75, 3.05) is 5.75 Å². The molecule has 25 heavy (non-hydrogen) atoms. The molecule has 0 spiro atoms. The fraction of sp³-hybridized carbons (Fsp3) is 0.667. The Bertz CT molecular complexity index is 616. The standard InChI is InChI=1S/C18H24N4O2S/c23-15(2-5-25-17-19-3-1-4-20-17)21-16(24)22-18-9-12-6-13(10-18)8-14(7-12)11-18/h1,3-4,12-14H,2,5-11H2,(H2,21,22,23,24). The van der Waals surface area contributed by atoms with E-state index in [9.17, 15) is 9.59 Å². The normalized spacial score (nSPS) is 32.4. The maximum Gasteiger partial charge on any atom is 0.321 e. The van der Waals surface area contributed by atoms with E-state index in [-0.39, 0.29) is 23.9 Å². The molecule has 6 nitrogen and oxygen atoms in total. The predicted molar refractivity (Wildman–Crippen MR) is 95.0 cm³/mol. The minimum absolute atomic E-state index is 0.0637. The zero-order valence-corrected chi connectivity index (χ0v) is 15.1. The quantitative estimate of drug-likeness (QED) is 0.623. The summed E-state index contributed by atoms with van der Waals surface area (Å²) >= 11 is 1.42. The van der Waals surface area contributed by atoms with Crippen LogP contribution in [0, 0.1) is 17.8 Å². The van der Waals surface area contributed by atoms with Gasteiger partial charge in [0.2, 0.25) is 5.91 Å². The van der Waals surface area contributed by atoms with Gasteiger partial charge in [-0.05, 0) is 62.3 Å².